The Labute approximate surface area is 121 Å². The summed E-state index contributed by atoms with van der Waals surface area (Å²) in [6.07, 6.45) is 1.81. The van der Waals surface area contributed by atoms with Crippen LogP contribution in [0.5, 0.6) is 0 Å². The molecule has 1 aliphatic rings. The van der Waals surface area contributed by atoms with Crippen molar-refractivity contribution >= 4 is 28.7 Å². The lowest BCUT2D eigenvalue weighted by Gasteiger charge is -2.22. The zero-order valence-electron chi connectivity index (χ0n) is 11.1. The lowest BCUT2D eigenvalue weighted by atomic mass is 10.1. The van der Waals surface area contributed by atoms with Crippen molar-refractivity contribution in [1.29, 1.82) is 0 Å². The second-order valence-electron chi connectivity index (χ2n) is 4.80. The summed E-state index contributed by atoms with van der Waals surface area (Å²) in [5.74, 6) is 0.444. The number of benzene rings is 1. The molecule has 5 nitrogen and oxygen atoms in total. The van der Waals surface area contributed by atoms with Crippen molar-refractivity contribution in [3.63, 3.8) is 0 Å². The minimum Gasteiger partial charge on any atom is -0.381 e. The smallest absolute Gasteiger partial charge is 0.230 e. The number of para-hydroxylation sites is 2. The van der Waals surface area contributed by atoms with Crippen molar-refractivity contribution < 1.29 is 9.53 Å². The largest absolute Gasteiger partial charge is 0.381 e. The number of H-pyrrole nitrogens is 1. The number of ether oxygens (including phenoxy) is 1. The van der Waals surface area contributed by atoms with Crippen LogP contribution in [-0.2, 0) is 9.53 Å². The molecule has 106 valence electrons. The van der Waals surface area contributed by atoms with Gasteiger partial charge in [0.1, 0.15) is 0 Å². The quantitative estimate of drug-likeness (QED) is 0.845. The summed E-state index contributed by atoms with van der Waals surface area (Å²) in [5, 5.41) is 3.83. The molecule has 3 rings (SSSR count). The van der Waals surface area contributed by atoms with Gasteiger partial charge in [-0.2, -0.15) is 0 Å². The standard InChI is InChI=1S/C14H17N3O2S/c18-13(15-10-5-7-19-8-6-10)9-20-14-16-11-3-1-2-4-12(11)17-14/h1-4,10H,5-9H2,(H,15,18)(H,16,17). The van der Waals surface area contributed by atoms with E-state index in [0.717, 1.165) is 42.2 Å². The van der Waals surface area contributed by atoms with E-state index in [0.29, 0.717) is 5.75 Å². The average Bonchev–Trinajstić information content (AvgIpc) is 2.89. The third kappa shape index (κ3) is 3.32. The molecule has 6 heteroatoms. The maximum atomic E-state index is 11.9. The van der Waals surface area contributed by atoms with Gasteiger partial charge in [-0.05, 0) is 25.0 Å². The van der Waals surface area contributed by atoms with Gasteiger partial charge in [0.15, 0.2) is 5.16 Å². The summed E-state index contributed by atoms with van der Waals surface area (Å²) in [4.78, 5) is 19.5. The fourth-order valence-corrected chi connectivity index (χ4v) is 2.94. The Morgan fingerprint density at radius 2 is 2.20 bits per heavy atom. The summed E-state index contributed by atoms with van der Waals surface area (Å²) in [7, 11) is 0. The van der Waals surface area contributed by atoms with E-state index in [2.05, 4.69) is 15.3 Å². The molecule has 2 aromatic rings. The molecule has 2 heterocycles. The second-order valence-corrected chi connectivity index (χ2v) is 5.77. The maximum Gasteiger partial charge on any atom is 0.230 e. The topological polar surface area (TPSA) is 67.0 Å². The van der Waals surface area contributed by atoms with Crippen LogP contribution in [0.1, 0.15) is 12.8 Å². The molecule has 0 atom stereocenters. The number of imidazole rings is 1. The zero-order valence-corrected chi connectivity index (χ0v) is 11.9. The SMILES string of the molecule is O=C(CSc1nc2ccccc2[nH]1)NC1CCOCC1. The van der Waals surface area contributed by atoms with Crippen LogP contribution in [0.15, 0.2) is 29.4 Å². The van der Waals surface area contributed by atoms with Crippen molar-refractivity contribution in [2.24, 2.45) is 0 Å². The van der Waals surface area contributed by atoms with Gasteiger partial charge in [-0.1, -0.05) is 23.9 Å². The van der Waals surface area contributed by atoms with Gasteiger partial charge in [0.2, 0.25) is 5.91 Å². The lowest BCUT2D eigenvalue weighted by molar-refractivity contribution is -0.119. The number of hydrogen-bond acceptors (Lipinski definition) is 4. The molecule has 1 aliphatic heterocycles. The predicted molar refractivity (Wildman–Crippen MR) is 78.8 cm³/mol. The number of thioether (sulfide) groups is 1. The molecule has 1 aromatic carbocycles. The van der Waals surface area contributed by atoms with Crippen LogP contribution < -0.4 is 5.32 Å². The number of nitrogens with one attached hydrogen (secondary N) is 2. The highest BCUT2D eigenvalue weighted by Crippen LogP contribution is 2.19. The molecule has 1 fully saturated rings. The first-order valence-electron chi connectivity index (χ1n) is 6.76. The Morgan fingerprint density at radius 1 is 1.40 bits per heavy atom. The average molecular weight is 291 g/mol. The van der Waals surface area contributed by atoms with E-state index in [1.54, 1.807) is 0 Å². The van der Waals surface area contributed by atoms with Crippen molar-refractivity contribution in [3.8, 4) is 0 Å². The van der Waals surface area contributed by atoms with Gasteiger partial charge < -0.3 is 15.0 Å². The summed E-state index contributed by atoms with van der Waals surface area (Å²) in [5.41, 5.74) is 1.93. The maximum absolute atomic E-state index is 11.9. The van der Waals surface area contributed by atoms with Crippen LogP contribution in [-0.4, -0.2) is 40.9 Å². The molecule has 1 aromatic heterocycles. The molecule has 2 N–H and O–H groups in total. The minimum absolute atomic E-state index is 0.0577. The number of carbonyl (C=O) groups excluding carboxylic acids is 1. The van der Waals surface area contributed by atoms with E-state index < -0.39 is 0 Å². The van der Waals surface area contributed by atoms with E-state index >= 15 is 0 Å². The van der Waals surface area contributed by atoms with Crippen LogP contribution in [0.2, 0.25) is 0 Å². The Kier molecular flexibility index (Phi) is 4.22. The first-order valence-corrected chi connectivity index (χ1v) is 7.74. The summed E-state index contributed by atoms with van der Waals surface area (Å²) < 4.78 is 5.27. The molecule has 0 bridgehead atoms. The highest BCUT2D eigenvalue weighted by molar-refractivity contribution is 7.99. The minimum atomic E-state index is 0.0577. The van der Waals surface area contributed by atoms with E-state index in [-0.39, 0.29) is 11.9 Å². The van der Waals surface area contributed by atoms with E-state index in [1.807, 2.05) is 24.3 Å². The van der Waals surface area contributed by atoms with Crippen LogP contribution in [0.25, 0.3) is 11.0 Å². The number of aromatic nitrogens is 2. The van der Waals surface area contributed by atoms with Crippen LogP contribution in [0.4, 0.5) is 0 Å². The van der Waals surface area contributed by atoms with E-state index in [9.17, 15) is 4.79 Å². The van der Waals surface area contributed by atoms with Gasteiger partial charge in [-0.15, -0.1) is 0 Å². The van der Waals surface area contributed by atoms with Crippen LogP contribution in [0, 0.1) is 0 Å². The fourth-order valence-electron chi connectivity index (χ4n) is 2.24. The van der Waals surface area contributed by atoms with Crippen LogP contribution >= 0.6 is 11.8 Å². The van der Waals surface area contributed by atoms with Gasteiger partial charge in [0.25, 0.3) is 0 Å². The Bertz CT molecular complexity index is 560. The molecule has 0 aliphatic carbocycles. The highest BCUT2D eigenvalue weighted by atomic mass is 32.2. The number of amides is 1. The number of rotatable bonds is 4. The van der Waals surface area contributed by atoms with Crippen molar-refractivity contribution in [3.05, 3.63) is 24.3 Å². The third-order valence-electron chi connectivity index (χ3n) is 3.29. The number of fused-ring (bicyclic) bond motifs is 1. The van der Waals surface area contributed by atoms with Gasteiger partial charge in [-0.25, -0.2) is 4.98 Å². The molecule has 1 saturated heterocycles. The molecular weight excluding hydrogens is 274 g/mol. The van der Waals surface area contributed by atoms with Crippen LogP contribution in [0.3, 0.4) is 0 Å². The molecule has 0 unspecified atom stereocenters. The van der Waals surface area contributed by atoms with E-state index in [4.69, 9.17) is 4.74 Å². The number of hydrogen-bond donors (Lipinski definition) is 2. The van der Waals surface area contributed by atoms with E-state index in [1.165, 1.54) is 11.8 Å². The lowest BCUT2D eigenvalue weighted by Crippen LogP contribution is -2.39. The fraction of sp³-hybridized carbons (Fsp3) is 0.429. The predicted octanol–water partition coefficient (Wildman–Crippen LogP) is 1.95. The number of carbonyl (C=O) groups is 1. The Balaban J connectivity index is 1.51. The van der Waals surface area contributed by atoms with Crippen molar-refractivity contribution in [2.75, 3.05) is 19.0 Å². The van der Waals surface area contributed by atoms with Crippen molar-refractivity contribution in [1.82, 2.24) is 15.3 Å². The summed E-state index contributed by atoms with van der Waals surface area (Å²) in [6.45, 7) is 1.48. The van der Waals surface area contributed by atoms with Gasteiger partial charge in [0.05, 0.1) is 16.8 Å². The van der Waals surface area contributed by atoms with Gasteiger partial charge >= 0.3 is 0 Å². The monoisotopic (exact) mass is 291 g/mol. The Morgan fingerprint density at radius 3 is 3.00 bits per heavy atom. The molecule has 20 heavy (non-hydrogen) atoms. The molecule has 0 saturated carbocycles. The summed E-state index contributed by atoms with van der Waals surface area (Å²) >= 11 is 1.43. The Hall–Kier alpha value is -1.53. The zero-order chi connectivity index (χ0) is 13.8. The molecule has 1 amide bonds. The molecule has 0 radical (unpaired) electrons. The first-order chi connectivity index (χ1) is 9.81. The number of nitrogens with zero attached hydrogens (tertiary/aromatic N) is 1. The second kappa shape index (κ2) is 6.28. The normalized spacial score (nSPS) is 16.4. The third-order valence-corrected chi connectivity index (χ3v) is 4.17. The molecule has 0 spiro atoms. The molecular formula is C14H17N3O2S. The van der Waals surface area contributed by atoms with Gasteiger partial charge in [-0.3, -0.25) is 4.79 Å². The summed E-state index contributed by atoms with van der Waals surface area (Å²) in [6, 6.07) is 8.11. The highest BCUT2D eigenvalue weighted by Gasteiger charge is 2.16. The van der Waals surface area contributed by atoms with Crippen molar-refractivity contribution in [2.45, 2.75) is 24.0 Å². The number of aromatic amines is 1. The first kappa shape index (κ1) is 13.5. The van der Waals surface area contributed by atoms with Gasteiger partial charge in [0, 0.05) is 19.3 Å².